The van der Waals surface area contributed by atoms with Crippen LogP contribution in [0.2, 0.25) is 0 Å². The molecule has 6 heteroatoms. The second-order valence-corrected chi connectivity index (χ2v) is 7.93. The number of aromatic nitrogens is 2. The summed E-state index contributed by atoms with van der Waals surface area (Å²) in [5.74, 6) is -0.193. The van der Waals surface area contributed by atoms with Crippen LogP contribution < -0.4 is 10.2 Å². The third-order valence-electron chi connectivity index (χ3n) is 5.21. The molecule has 2 aliphatic heterocycles. The van der Waals surface area contributed by atoms with Crippen molar-refractivity contribution in [1.29, 1.82) is 0 Å². The van der Waals surface area contributed by atoms with Crippen molar-refractivity contribution in [2.75, 3.05) is 31.1 Å². The molecule has 2 aliphatic rings. The van der Waals surface area contributed by atoms with Crippen molar-refractivity contribution in [1.82, 2.24) is 15.3 Å². The van der Waals surface area contributed by atoms with Gasteiger partial charge in [0.1, 0.15) is 12.1 Å². The Morgan fingerprint density at radius 1 is 1.08 bits per heavy atom. The highest BCUT2D eigenvalue weighted by Gasteiger charge is 2.48. The summed E-state index contributed by atoms with van der Waals surface area (Å²) >= 11 is 3.48. The number of hydrogen-bond acceptors (Lipinski definition) is 4. The lowest BCUT2D eigenvalue weighted by Crippen LogP contribution is -2.71. The molecule has 0 amide bonds. The molecule has 0 aliphatic carbocycles. The van der Waals surface area contributed by atoms with Crippen LogP contribution in [0.1, 0.15) is 0 Å². The van der Waals surface area contributed by atoms with Gasteiger partial charge in [0, 0.05) is 47.0 Å². The summed E-state index contributed by atoms with van der Waals surface area (Å²) in [6, 6.07) is 11.3. The highest BCUT2D eigenvalue weighted by atomic mass is 79.9. The van der Waals surface area contributed by atoms with Crippen molar-refractivity contribution in [2.45, 2.75) is 0 Å². The average molecular weight is 399 g/mol. The van der Waals surface area contributed by atoms with E-state index in [4.69, 9.17) is 0 Å². The Kier molecular flexibility index (Phi) is 3.33. The Morgan fingerprint density at radius 2 is 1.92 bits per heavy atom. The number of hydrogen-bond donors (Lipinski definition) is 1. The van der Waals surface area contributed by atoms with Gasteiger partial charge in [-0.05, 0) is 30.3 Å². The smallest absolute Gasteiger partial charge is 0.147 e. The molecule has 3 aromatic rings. The summed E-state index contributed by atoms with van der Waals surface area (Å²) in [7, 11) is 0. The molecule has 4 nitrogen and oxygen atoms in total. The predicted molar refractivity (Wildman–Crippen MR) is 100 cm³/mol. The molecule has 25 heavy (non-hydrogen) atoms. The maximum absolute atomic E-state index is 14.8. The maximum Gasteiger partial charge on any atom is 0.147 e. The molecule has 2 saturated heterocycles. The number of halogens is 2. The van der Waals surface area contributed by atoms with Crippen LogP contribution in [-0.2, 0) is 0 Å². The SMILES string of the molecule is Fc1cc(-c2ncnc3ccc(Br)cc23)ccc1N1CC2(CNC2)C1. The van der Waals surface area contributed by atoms with E-state index in [9.17, 15) is 4.39 Å². The van der Waals surface area contributed by atoms with Gasteiger partial charge < -0.3 is 10.2 Å². The normalized spacial score (nSPS) is 18.2. The van der Waals surface area contributed by atoms with Gasteiger partial charge in [0.15, 0.2) is 0 Å². The summed E-state index contributed by atoms with van der Waals surface area (Å²) in [6.45, 7) is 3.95. The molecule has 126 valence electrons. The van der Waals surface area contributed by atoms with Gasteiger partial charge in [-0.3, -0.25) is 0 Å². The molecule has 1 N–H and O–H groups in total. The van der Waals surface area contributed by atoms with Gasteiger partial charge in [-0.15, -0.1) is 0 Å². The van der Waals surface area contributed by atoms with E-state index in [0.29, 0.717) is 11.1 Å². The number of benzene rings is 2. The molecule has 0 bridgehead atoms. The minimum absolute atomic E-state index is 0.193. The number of nitrogens with one attached hydrogen (secondary N) is 1. The lowest BCUT2D eigenvalue weighted by molar-refractivity contribution is 0.120. The molecule has 0 radical (unpaired) electrons. The number of nitrogens with zero attached hydrogens (tertiary/aromatic N) is 3. The Bertz CT molecular complexity index is 978. The van der Waals surface area contributed by atoms with Crippen LogP contribution in [0.15, 0.2) is 47.2 Å². The minimum atomic E-state index is -0.193. The second kappa shape index (κ2) is 5.47. The Morgan fingerprint density at radius 3 is 2.64 bits per heavy atom. The maximum atomic E-state index is 14.8. The van der Waals surface area contributed by atoms with E-state index in [2.05, 4.69) is 36.1 Å². The van der Waals surface area contributed by atoms with Crippen molar-refractivity contribution in [3.8, 4) is 11.3 Å². The van der Waals surface area contributed by atoms with E-state index in [1.807, 2.05) is 30.3 Å². The van der Waals surface area contributed by atoms with Crippen LogP contribution in [-0.4, -0.2) is 36.1 Å². The van der Waals surface area contributed by atoms with E-state index in [1.165, 1.54) is 6.33 Å². The molecule has 0 unspecified atom stereocenters. The predicted octanol–water partition coefficient (Wildman–Crippen LogP) is 3.61. The molecule has 1 spiro atoms. The van der Waals surface area contributed by atoms with Crippen LogP contribution in [0, 0.1) is 11.2 Å². The zero-order chi connectivity index (χ0) is 17.0. The van der Waals surface area contributed by atoms with Crippen molar-refractivity contribution in [3.63, 3.8) is 0 Å². The van der Waals surface area contributed by atoms with Gasteiger partial charge in [-0.1, -0.05) is 22.0 Å². The number of anilines is 1. The van der Waals surface area contributed by atoms with Gasteiger partial charge in [-0.2, -0.15) is 0 Å². The molecule has 2 fully saturated rings. The van der Waals surface area contributed by atoms with Crippen LogP contribution in [0.5, 0.6) is 0 Å². The molecular weight excluding hydrogens is 383 g/mol. The molecule has 2 aromatic carbocycles. The van der Waals surface area contributed by atoms with E-state index >= 15 is 0 Å². The Balaban J connectivity index is 1.51. The number of rotatable bonds is 2. The first-order chi connectivity index (χ1) is 12.1. The Labute approximate surface area is 153 Å². The summed E-state index contributed by atoms with van der Waals surface area (Å²) in [6.07, 6.45) is 1.53. The third kappa shape index (κ3) is 2.43. The monoisotopic (exact) mass is 398 g/mol. The average Bonchev–Trinajstić information content (AvgIpc) is 2.53. The highest BCUT2D eigenvalue weighted by molar-refractivity contribution is 9.10. The van der Waals surface area contributed by atoms with Gasteiger partial charge in [0.2, 0.25) is 0 Å². The van der Waals surface area contributed by atoms with E-state index in [0.717, 1.165) is 52.8 Å². The van der Waals surface area contributed by atoms with Crippen LogP contribution in [0.25, 0.3) is 22.2 Å². The first-order valence-corrected chi connectivity index (χ1v) is 9.09. The zero-order valence-electron chi connectivity index (χ0n) is 13.5. The largest absolute Gasteiger partial charge is 0.368 e. The first-order valence-electron chi connectivity index (χ1n) is 8.30. The van der Waals surface area contributed by atoms with Crippen molar-refractivity contribution in [3.05, 3.63) is 53.0 Å². The summed E-state index contributed by atoms with van der Waals surface area (Å²) in [5, 5.41) is 4.21. The van der Waals surface area contributed by atoms with Gasteiger partial charge in [-0.25, -0.2) is 14.4 Å². The first kappa shape index (κ1) is 15.2. The summed E-state index contributed by atoms with van der Waals surface area (Å²) in [5.41, 5.74) is 3.42. The van der Waals surface area contributed by atoms with Gasteiger partial charge in [0.05, 0.1) is 16.9 Å². The quantitative estimate of drug-likeness (QED) is 0.715. The van der Waals surface area contributed by atoms with E-state index in [1.54, 1.807) is 6.07 Å². The molecule has 0 saturated carbocycles. The molecule has 5 rings (SSSR count). The van der Waals surface area contributed by atoms with Crippen LogP contribution in [0.3, 0.4) is 0 Å². The molecule has 1 aromatic heterocycles. The van der Waals surface area contributed by atoms with Crippen molar-refractivity contribution >= 4 is 32.5 Å². The lowest BCUT2D eigenvalue weighted by atomic mass is 9.74. The molecule has 0 atom stereocenters. The highest BCUT2D eigenvalue weighted by Crippen LogP contribution is 2.39. The fraction of sp³-hybridized carbons (Fsp3) is 0.263. The van der Waals surface area contributed by atoms with E-state index in [-0.39, 0.29) is 5.82 Å². The Hall–Kier alpha value is -2.05. The lowest BCUT2D eigenvalue weighted by Gasteiger charge is -2.57. The summed E-state index contributed by atoms with van der Waals surface area (Å²) in [4.78, 5) is 10.8. The van der Waals surface area contributed by atoms with Crippen LogP contribution in [0.4, 0.5) is 10.1 Å². The van der Waals surface area contributed by atoms with Gasteiger partial charge >= 0.3 is 0 Å². The fourth-order valence-electron chi connectivity index (χ4n) is 3.81. The number of fused-ring (bicyclic) bond motifs is 1. The molecule has 3 heterocycles. The third-order valence-corrected chi connectivity index (χ3v) is 5.70. The standard InChI is InChI=1S/C19H16BrFN4/c20-13-2-3-16-14(6-13)18(24-11-23-16)12-1-4-17(15(21)5-12)25-9-19(10-25)7-22-8-19/h1-6,11,22H,7-10H2. The zero-order valence-corrected chi connectivity index (χ0v) is 15.1. The molecular formula is C19H16BrFN4. The van der Waals surface area contributed by atoms with Crippen molar-refractivity contribution in [2.24, 2.45) is 5.41 Å². The minimum Gasteiger partial charge on any atom is -0.368 e. The van der Waals surface area contributed by atoms with E-state index < -0.39 is 0 Å². The van der Waals surface area contributed by atoms with Gasteiger partial charge in [0.25, 0.3) is 0 Å². The second-order valence-electron chi connectivity index (χ2n) is 7.01. The summed E-state index contributed by atoms with van der Waals surface area (Å²) < 4.78 is 15.7. The van der Waals surface area contributed by atoms with Crippen LogP contribution >= 0.6 is 15.9 Å². The fourth-order valence-corrected chi connectivity index (χ4v) is 4.17. The topological polar surface area (TPSA) is 41.1 Å². The van der Waals surface area contributed by atoms with Crippen molar-refractivity contribution < 1.29 is 4.39 Å².